The summed E-state index contributed by atoms with van der Waals surface area (Å²) in [6.07, 6.45) is 20.7. The Kier molecular flexibility index (Phi) is 9.35. The first kappa shape index (κ1) is 21.6. The van der Waals surface area contributed by atoms with Crippen molar-refractivity contribution in [2.24, 2.45) is 11.8 Å². The van der Waals surface area contributed by atoms with Gasteiger partial charge in [-0.05, 0) is 26.2 Å². The molecule has 4 atom stereocenters. The molecule has 1 aliphatic heterocycles. The molecule has 2 fully saturated rings. The number of Topliss-reactive ketones (excluding diaryl/α,β-unsaturated/α-hetero) is 1. The van der Waals surface area contributed by atoms with E-state index in [4.69, 9.17) is 9.78 Å². The molecule has 0 aromatic carbocycles. The zero-order chi connectivity index (χ0) is 18.8. The Hall–Kier alpha value is -0.670. The van der Waals surface area contributed by atoms with Gasteiger partial charge in [-0.15, -0.1) is 0 Å². The van der Waals surface area contributed by atoms with E-state index in [-0.39, 0.29) is 17.9 Å². The Balaban J connectivity index is 1.55. The molecule has 1 saturated carbocycles. The molecule has 3 heteroatoms. The summed E-state index contributed by atoms with van der Waals surface area (Å²) in [5, 5.41) is 0. The maximum Gasteiger partial charge on any atom is 0.138 e. The lowest BCUT2D eigenvalue weighted by Gasteiger charge is -2.45. The minimum absolute atomic E-state index is 0.0218. The van der Waals surface area contributed by atoms with Crippen LogP contribution in [0.5, 0.6) is 0 Å². The predicted molar refractivity (Wildman–Crippen MR) is 107 cm³/mol. The Bertz CT molecular complexity index is 445. The third-order valence-electron chi connectivity index (χ3n) is 6.36. The van der Waals surface area contributed by atoms with Gasteiger partial charge >= 0.3 is 0 Å². The van der Waals surface area contributed by atoms with Crippen LogP contribution in [-0.2, 0) is 14.6 Å². The summed E-state index contributed by atoms with van der Waals surface area (Å²) in [5.41, 5.74) is -0.440. The highest BCUT2D eigenvalue weighted by atomic mass is 17.2. The van der Waals surface area contributed by atoms with Crippen LogP contribution in [0.3, 0.4) is 0 Å². The lowest BCUT2D eigenvalue weighted by Crippen LogP contribution is -2.52. The van der Waals surface area contributed by atoms with Crippen LogP contribution in [0.15, 0.2) is 12.2 Å². The van der Waals surface area contributed by atoms with E-state index in [1.807, 2.05) is 6.92 Å². The number of carbonyl (C=O) groups is 1. The van der Waals surface area contributed by atoms with Gasteiger partial charge in [0.1, 0.15) is 17.5 Å². The summed E-state index contributed by atoms with van der Waals surface area (Å²) in [4.78, 5) is 23.4. The van der Waals surface area contributed by atoms with Gasteiger partial charge < -0.3 is 0 Å². The van der Waals surface area contributed by atoms with Crippen molar-refractivity contribution in [1.29, 1.82) is 0 Å². The van der Waals surface area contributed by atoms with Gasteiger partial charge in [0.2, 0.25) is 0 Å². The first-order chi connectivity index (χ1) is 12.6. The fourth-order valence-corrected chi connectivity index (χ4v) is 4.23. The molecular weight excluding hydrogens is 324 g/mol. The molecule has 1 aliphatic carbocycles. The first-order valence-electron chi connectivity index (χ1n) is 11.1. The average molecular weight is 365 g/mol. The molecule has 26 heavy (non-hydrogen) atoms. The summed E-state index contributed by atoms with van der Waals surface area (Å²) in [7, 11) is 0. The minimum atomic E-state index is -0.440. The highest BCUT2D eigenvalue weighted by Gasteiger charge is 2.48. The number of hydrogen-bond donors (Lipinski definition) is 0. The number of allylic oxidation sites excluding steroid dienone is 1. The fourth-order valence-electron chi connectivity index (χ4n) is 4.23. The lowest BCUT2D eigenvalue weighted by atomic mass is 9.71. The third-order valence-corrected chi connectivity index (χ3v) is 6.36. The number of fused-ring (bicyclic) bond motifs is 2. The van der Waals surface area contributed by atoms with E-state index in [1.54, 1.807) is 0 Å². The molecule has 1 heterocycles. The summed E-state index contributed by atoms with van der Waals surface area (Å²) in [6.45, 7) is 6.29. The second kappa shape index (κ2) is 11.2. The van der Waals surface area contributed by atoms with Crippen LogP contribution in [0.1, 0.15) is 104 Å². The van der Waals surface area contributed by atoms with Crippen LogP contribution in [-0.4, -0.2) is 17.5 Å². The molecule has 2 bridgehead atoms. The molecule has 0 unspecified atom stereocenters. The van der Waals surface area contributed by atoms with Crippen molar-refractivity contribution in [3.63, 3.8) is 0 Å². The van der Waals surface area contributed by atoms with Crippen molar-refractivity contribution in [2.45, 2.75) is 116 Å². The molecule has 2 rings (SSSR count). The van der Waals surface area contributed by atoms with E-state index in [0.29, 0.717) is 12.2 Å². The van der Waals surface area contributed by atoms with Crippen molar-refractivity contribution < 1.29 is 14.6 Å². The number of carbonyl (C=O) groups excluding carboxylic acids is 1. The standard InChI is InChI=1S/C23H40O3/c1-4-5-6-7-8-9-10-11-12-13-14-15-16-23(3)20-17-21(24)19(2)22(18-20)25-26-23/h15-16,19-20,22H,4-14,17-18H2,1-3H3/b16-15+/t19-,20+,22+,23+/m0/s1. The van der Waals surface area contributed by atoms with Crippen molar-refractivity contribution >= 4 is 5.78 Å². The van der Waals surface area contributed by atoms with Gasteiger partial charge in [0.25, 0.3) is 0 Å². The minimum Gasteiger partial charge on any atom is -0.299 e. The zero-order valence-electron chi connectivity index (χ0n) is 17.3. The van der Waals surface area contributed by atoms with E-state index in [1.165, 1.54) is 64.2 Å². The number of ketones is 1. The Morgan fingerprint density at radius 3 is 2.31 bits per heavy atom. The first-order valence-corrected chi connectivity index (χ1v) is 11.1. The largest absolute Gasteiger partial charge is 0.299 e. The average Bonchev–Trinajstić information content (AvgIpc) is 2.63. The number of hydrogen-bond acceptors (Lipinski definition) is 3. The van der Waals surface area contributed by atoms with Gasteiger partial charge in [0.05, 0.1) is 0 Å². The maximum atomic E-state index is 12.1. The summed E-state index contributed by atoms with van der Waals surface area (Å²) >= 11 is 0. The van der Waals surface area contributed by atoms with Crippen molar-refractivity contribution in [1.82, 2.24) is 0 Å². The van der Waals surface area contributed by atoms with E-state index in [2.05, 4.69) is 26.0 Å². The summed E-state index contributed by atoms with van der Waals surface area (Å²) in [5.74, 6) is 0.559. The molecule has 0 N–H and O–H groups in total. The van der Waals surface area contributed by atoms with Crippen molar-refractivity contribution in [3.05, 3.63) is 12.2 Å². The van der Waals surface area contributed by atoms with Crippen molar-refractivity contribution in [3.8, 4) is 0 Å². The topological polar surface area (TPSA) is 35.5 Å². The molecule has 3 nitrogen and oxygen atoms in total. The molecule has 0 aromatic heterocycles. The second-order valence-corrected chi connectivity index (χ2v) is 8.67. The molecule has 0 amide bonds. The second-order valence-electron chi connectivity index (χ2n) is 8.67. The molecular formula is C23H40O3. The van der Waals surface area contributed by atoms with E-state index in [0.717, 1.165) is 12.8 Å². The van der Waals surface area contributed by atoms with E-state index in [9.17, 15) is 4.79 Å². The Labute approximate surface area is 160 Å². The molecule has 2 aliphatic rings. The molecule has 0 spiro atoms. The highest BCUT2D eigenvalue weighted by molar-refractivity contribution is 5.82. The van der Waals surface area contributed by atoms with Crippen LogP contribution in [0, 0.1) is 11.8 Å². The smallest absolute Gasteiger partial charge is 0.138 e. The van der Waals surface area contributed by atoms with Gasteiger partial charge in [-0.2, -0.15) is 0 Å². The summed E-state index contributed by atoms with van der Waals surface area (Å²) < 4.78 is 0. The fraction of sp³-hybridized carbons (Fsp3) is 0.870. The highest BCUT2D eigenvalue weighted by Crippen LogP contribution is 2.42. The third kappa shape index (κ3) is 6.49. The van der Waals surface area contributed by atoms with Gasteiger partial charge in [0.15, 0.2) is 0 Å². The lowest BCUT2D eigenvalue weighted by molar-refractivity contribution is -0.415. The zero-order valence-corrected chi connectivity index (χ0v) is 17.3. The van der Waals surface area contributed by atoms with Gasteiger partial charge in [0, 0.05) is 18.3 Å². The van der Waals surface area contributed by atoms with Crippen LogP contribution in [0.4, 0.5) is 0 Å². The maximum absolute atomic E-state index is 12.1. The van der Waals surface area contributed by atoms with Crippen LogP contribution < -0.4 is 0 Å². The monoisotopic (exact) mass is 364 g/mol. The number of unbranched alkanes of at least 4 members (excludes halogenated alkanes) is 10. The van der Waals surface area contributed by atoms with Crippen molar-refractivity contribution in [2.75, 3.05) is 0 Å². The van der Waals surface area contributed by atoms with Crippen LogP contribution >= 0.6 is 0 Å². The predicted octanol–water partition coefficient (Wildman–Crippen LogP) is 6.56. The van der Waals surface area contributed by atoms with Gasteiger partial charge in [-0.25, -0.2) is 9.78 Å². The summed E-state index contributed by atoms with van der Waals surface area (Å²) in [6, 6.07) is 0. The Morgan fingerprint density at radius 1 is 1.04 bits per heavy atom. The molecule has 0 radical (unpaired) electrons. The van der Waals surface area contributed by atoms with E-state index >= 15 is 0 Å². The Morgan fingerprint density at radius 2 is 1.65 bits per heavy atom. The molecule has 1 saturated heterocycles. The van der Waals surface area contributed by atoms with E-state index < -0.39 is 5.60 Å². The van der Waals surface area contributed by atoms with Crippen LogP contribution in [0.25, 0.3) is 0 Å². The molecule has 0 aromatic rings. The number of rotatable bonds is 12. The normalized spacial score (nSPS) is 31.7. The SMILES string of the molecule is CCCCCCCCCCCC/C=C/[C@@]1(C)OO[C@@H]2C[C@H]1CC(=O)[C@@H]2C. The van der Waals surface area contributed by atoms with Crippen LogP contribution in [0.2, 0.25) is 0 Å². The molecule has 150 valence electrons. The quantitative estimate of drug-likeness (QED) is 0.223. The van der Waals surface area contributed by atoms with Gasteiger partial charge in [-0.1, -0.05) is 83.8 Å². The van der Waals surface area contributed by atoms with Gasteiger partial charge in [-0.3, -0.25) is 4.79 Å².